The molecule has 1 heterocycles. The van der Waals surface area contributed by atoms with E-state index in [1.807, 2.05) is 0 Å². The molecule has 1 fully saturated rings. The Hall–Kier alpha value is -1.18. The predicted octanol–water partition coefficient (Wildman–Crippen LogP) is -0.832. The molecule has 0 aliphatic carbocycles. The minimum Gasteiger partial charge on any atom is -0.477 e. The number of carboxylic acid groups (broad SMARTS) is 1. The molecule has 0 aromatic rings. The molecule has 0 saturated carbocycles. The van der Waals surface area contributed by atoms with Crippen molar-refractivity contribution >= 4 is 11.9 Å². The number of carbonyl (C=O) groups is 2. The first kappa shape index (κ1) is 14.9. The number of amides is 1. The number of carboxylic acids is 1. The van der Waals surface area contributed by atoms with Gasteiger partial charge in [0.25, 0.3) is 11.7 Å². The lowest BCUT2D eigenvalue weighted by Gasteiger charge is -2.37. The van der Waals surface area contributed by atoms with Gasteiger partial charge in [0.1, 0.15) is 6.10 Å². The second kappa shape index (κ2) is 5.64. The average Bonchev–Trinajstić information content (AvgIpc) is 2.29. The van der Waals surface area contributed by atoms with Gasteiger partial charge in [0.15, 0.2) is 0 Å². The summed E-state index contributed by atoms with van der Waals surface area (Å²) in [5.41, 5.74) is 0. The molecule has 7 nitrogen and oxygen atoms in total. The molecule has 2 unspecified atom stereocenters. The number of aliphatic hydroxyl groups excluding tert-OH is 1. The standard InChI is InChI=1S/C11H19NO6/c1-3-12(4-2)9(14)8-5-7(13)6-11(17,18-8)10(15)16/h7-8,13,17H,3-6H2,1-2H3,(H,15,16)/t7?,8-,11?/m1/s1. The van der Waals surface area contributed by atoms with Crippen LogP contribution in [0, 0.1) is 0 Å². The van der Waals surface area contributed by atoms with E-state index >= 15 is 0 Å². The summed E-state index contributed by atoms with van der Waals surface area (Å²) in [6, 6.07) is 0. The van der Waals surface area contributed by atoms with Gasteiger partial charge in [-0.25, -0.2) is 4.79 Å². The Bertz CT molecular complexity index is 329. The summed E-state index contributed by atoms with van der Waals surface area (Å²) < 4.78 is 4.96. The number of ether oxygens (including phenoxy) is 1. The van der Waals surface area contributed by atoms with Gasteiger partial charge in [-0.2, -0.15) is 0 Å². The number of rotatable bonds is 4. The van der Waals surface area contributed by atoms with E-state index in [-0.39, 0.29) is 6.42 Å². The van der Waals surface area contributed by atoms with Gasteiger partial charge in [0, 0.05) is 25.9 Å². The molecule has 0 radical (unpaired) electrons. The third-order valence-electron chi connectivity index (χ3n) is 3.02. The monoisotopic (exact) mass is 261 g/mol. The Kier molecular flexibility index (Phi) is 4.66. The van der Waals surface area contributed by atoms with Crippen LogP contribution in [0.2, 0.25) is 0 Å². The van der Waals surface area contributed by atoms with Crippen LogP contribution in [-0.4, -0.2) is 63.2 Å². The Morgan fingerprint density at radius 1 is 1.39 bits per heavy atom. The van der Waals surface area contributed by atoms with Crippen molar-refractivity contribution in [1.82, 2.24) is 4.90 Å². The molecule has 1 rings (SSSR count). The zero-order valence-corrected chi connectivity index (χ0v) is 10.5. The largest absolute Gasteiger partial charge is 0.477 e. The minimum atomic E-state index is -2.49. The number of nitrogens with zero attached hydrogens (tertiary/aromatic N) is 1. The van der Waals surface area contributed by atoms with E-state index in [1.54, 1.807) is 13.8 Å². The van der Waals surface area contributed by atoms with E-state index in [0.717, 1.165) is 0 Å². The van der Waals surface area contributed by atoms with Crippen LogP contribution >= 0.6 is 0 Å². The van der Waals surface area contributed by atoms with Gasteiger partial charge in [-0.1, -0.05) is 0 Å². The number of likely N-dealkylation sites (N-methyl/N-ethyl adjacent to an activating group) is 1. The fourth-order valence-corrected chi connectivity index (χ4v) is 2.01. The molecule has 0 aromatic heterocycles. The van der Waals surface area contributed by atoms with E-state index in [0.29, 0.717) is 13.1 Å². The maximum atomic E-state index is 12.0. The van der Waals surface area contributed by atoms with Gasteiger partial charge in [-0.15, -0.1) is 0 Å². The fraction of sp³-hybridized carbons (Fsp3) is 0.818. The highest BCUT2D eigenvalue weighted by Crippen LogP contribution is 2.28. The molecular weight excluding hydrogens is 242 g/mol. The molecule has 0 bridgehead atoms. The highest BCUT2D eigenvalue weighted by molar-refractivity contribution is 5.82. The van der Waals surface area contributed by atoms with Crippen molar-refractivity contribution in [3.05, 3.63) is 0 Å². The van der Waals surface area contributed by atoms with E-state index in [2.05, 4.69) is 0 Å². The lowest BCUT2D eigenvalue weighted by molar-refractivity contribution is -0.267. The molecule has 1 aliphatic rings. The van der Waals surface area contributed by atoms with E-state index in [9.17, 15) is 19.8 Å². The van der Waals surface area contributed by atoms with Gasteiger partial charge >= 0.3 is 5.97 Å². The van der Waals surface area contributed by atoms with Crippen LogP contribution in [0.25, 0.3) is 0 Å². The van der Waals surface area contributed by atoms with E-state index in [1.165, 1.54) is 4.90 Å². The smallest absolute Gasteiger partial charge is 0.364 e. The molecule has 0 aromatic carbocycles. The Morgan fingerprint density at radius 3 is 2.39 bits per heavy atom. The summed E-state index contributed by atoms with van der Waals surface area (Å²) in [5, 5.41) is 28.1. The second-order valence-electron chi connectivity index (χ2n) is 4.30. The highest BCUT2D eigenvalue weighted by Gasteiger charge is 2.48. The van der Waals surface area contributed by atoms with E-state index in [4.69, 9.17) is 9.84 Å². The van der Waals surface area contributed by atoms with Crippen molar-refractivity contribution in [2.24, 2.45) is 0 Å². The fourth-order valence-electron chi connectivity index (χ4n) is 2.01. The van der Waals surface area contributed by atoms with Gasteiger partial charge in [0.05, 0.1) is 6.10 Å². The number of aliphatic carboxylic acids is 1. The summed E-state index contributed by atoms with van der Waals surface area (Å²) in [7, 11) is 0. The summed E-state index contributed by atoms with van der Waals surface area (Å²) in [4.78, 5) is 24.4. The third kappa shape index (κ3) is 2.98. The first-order valence-corrected chi connectivity index (χ1v) is 5.94. The van der Waals surface area contributed by atoms with Crippen LogP contribution in [0.5, 0.6) is 0 Å². The summed E-state index contributed by atoms with van der Waals surface area (Å²) >= 11 is 0. The first-order valence-electron chi connectivity index (χ1n) is 5.94. The maximum absolute atomic E-state index is 12.0. The second-order valence-corrected chi connectivity index (χ2v) is 4.30. The Morgan fingerprint density at radius 2 is 1.94 bits per heavy atom. The molecule has 104 valence electrons. The summed E-state index contributed by atoms with van der Waals surface area (Å²) in [6.07, 6.45) is -2.66. The molecule has 18 heavy (non-hydrogen) atoms. The lowest BCUT2D eigenvalue weighted by Crippen LogP contribution is -2.55. The van der Waals surface area contributed by atoms with Crippen molar-refractivity contribution in [3.63, 3.8) is 0 Å². The molecule has 3 atom stereocenters. The molecule has 1 amide bonds. The van der Waals surface area contributed by atoms with Crippen molar-refractivity contribution in [2.75, 3.05) is 13.1 Å². The molecule has 1 aliphatic heterocycles. The van der Waals surface area contributed by atoms with Crippen molar-refractivity contribution in [1.29, 1.82) is 0 Å². The molecule has 0 spiro atoms. The van der Waals surface area contributed by atoms with Crippen molar-refractivity contribution in [2.45, 2.75) is 44.7 Å². The number of hydrogen-bond acceptors (Lipinski definition) is 5. The molecule has 1 saturated heterocycles. The molecular formula is C11H19NO6. The van der Waals surface area contributed by atoms with Crippen LogP contribution in [0.3, 0.4) is 0 Å². The van der Waals surface area contributed by atoms with Gasteiger partial charge in [0.2, 0.25) is 0 Å². The third-order valence-corrected chi connectivity index (χ3v) is 3.02. The number of hydrogen-bond donors (Lipinski definition) is 3. The molecule has 7 heteroatoms. The van der Waals surface area contributed by atoms with Crippen LogP contribution in [-0.2, 0) is 14.3 Å². The predicted molar refractivity (Wildman–Crippen MR) is 60.6 cm³/mol. The molecule has 3 N–H and O–H groups in total. The highest BCUT2D eigenvalue weighted by atomic mass is 16.7. The zero-order valence-electron chi connectivity index (χ0n) is 10.5. The van der Waals surface area contributed by atoms with Crippen LogP contribution < -0.4 is 0 Å². The maximum Gasteiger partial charge on any atom is 0.364 e. The quantitative estimate of drug-likeness (QED) is 0.609. The van der Waals surface area contributed by atoms with Crippen LogP contribution in [0.4, 0.5) is 0 Å². The first-order chi connectivity index (χ1) is 8.34. The minimum absolute atomic E-state index is 0.00900. The normalized spacial score (nSPS) is 32.0. The van der Waals surface area contributed by atoms with Crippen molar-refractivity contribution in [3.8, 4) is 0 Å². The van der Waals surface area contributed by atoms with Gasteiger partial charge in [-0.3, -0.25) is 4.79 Å². The van der Waals surface area contributed by atoms with Crippen molar-refractivity contribution < 1.29 is 29.6 Å². The Balaban J connectivity index is 2.84. The summed E-state index contributed by atoms with van der Waals surface area (Å²) in [6.45, 7) is 4.47. The number of aliphatic hydroxyl groups is 2. The topological polar surface area (TPSA) is 107 Å². The van der Waals surface area contributed by atoms with E-state index < -0.39 is 36.3 Å². The SMILES string of the molecule is CCN(CC)C(=O)[C@H]1CC(O)CC(O)(C(=O)O)O1. The van der Waals surface area contributed by atoms with Crippen LogP contribution in [0.1, 0.15) is 26.7 Å². The number of carbonyl (C=O) groups excluding carboxylic acids is 1. The zero-order chi connectivity index (χ0) is 13.9. The average molecular weight is 261 g/mol. The lowest BCUT2D eigenvalue weighted by atomic mass is 9.97. The van der Waals surface area contributed by atoms with Gasteiger partial charge < -0.3 is 25.0 Å². The summed E-state index contributed by atoms with van der Waals surface area (Å²) in [5.74, 6) is -4.51. The Labute approximate surface area is 105 Å². The van der Waals surface area contributed by atoms with Crippen LogP contribution in [0.15, 0.2) is 0 Å². The van der Waals surface area contributed by atoms with Gasteiger partial charge in [-0.05, 0) is 13.8 Å².